The molecule has 3 N–H and O–H groups in total. The lowest BCUT2D eigenvalue weighted by Crippen LogP contribution is -1.98. The zero-order valence-corrected chi connectivity index (χ0v) is 21.2. The molecule has 0 spiro atoms. The van der Waals surface area contributed by atoms with Crippen LogP contribution in [0.4, 0.5) is 5.69 Å². The molecule has 0 bridgehead atoms. The van der Waals surface area contributed by atoms with Gasteiger partial charge in [-0.15, -0.1) is 0 Å². The van der Waals surface area contributed by atoms with Crippen LogP contribution in [0.25, 0.3) is 56.0 Å². The summed E-state index contributed by atoms with van der Waals surface area (Å²) in [5, 5.41) is 12.2. The molecule has 0 aliphatic carbocycles. The number of imidazole rings is 1. The average molecular weight is 509 g/mol. The number of hydrogen-bond donors (Lipinski definition) is 3. The number of H-pyrrole nitrogens is 2. The first kappa shape index (κ1) is 22.7. The van der Waals surface area contributed by atoms with E-state index in [9.17, 15) is 0 Å². The number of benzene rings is 2. The van der Waals surface area contributed by atoms with Crippen LogP contribution in [-0.2, 0) is 0 Å². The van der Waals surface area contributed by atoms with Gasteiger partial charge in [0, 0.05) is 34.6 Å². The fraction of sp³-hybridized carbons (Fsp3) is 0.0323. The zero-order valence-electron chi connectivity index (χ0n) is 21.2. The number of rotatable bonds is 6. The van der Waals surface area contributed by atoms with Crippen molar-refractivity contribution in [1.82, 2.24) is 34.7 Å². The van der Waals surface area contributed by atoms with E-state index in [1.54, 1.807) is 6.20 Å². The normalized spacial score (nSPS) is 11.3. The van der Waals surface area contributed by atoms with Crippen LogP contribution in [0, 0.1) is 6.92 Å². The van der Waals surface area contributed by atoms with Crippen molar-refractivity contribution >= 4 is 33.3 Å². The molecule has 7 rings (SSSR count). The SMILES string of the molecule is C=C(Nc1cncc(-c2ccc3[nH]nc(-c4cc5c(-n6cnc(C)c6)cccc5[nH]4)c3n2)c1)c1ccccc1. The van der Waals surface area contributed by atoms with Gasteiger partial charge in [0.1, 0.15) is 11.2 Å². The molecule has 8 heteroatoms. The summed E-state index contributed by atoms with van der Waals surface area (Å²) in [4.78, 5) is 17.3. The van der Waals surface area contributed by atoms with Gasteiger partial charge in [-0.2, -0.15) is 5.10 Å². The minimum atomic E-state index is 0.760. The minimum absolute atomic E-state index is 0.760. The van der Waals surface area contributed by atoms with E-state index in [2.05, 4.69) is 55.2 Å². The first-order valence-corrected chi connectivity index (χ1v) is 12.6. The number of fused-ring (bicyclic) bond motifs is 2. The van der Waals surface area contributed by atoms with Crippen molar-refractivity contribution in [2.24, 2.45) is 0 Å². The highest BCUT2D eigenvalue weighted by Crippen LogP contribution is 2.32. The molecule has 5 aromatic heterocycles. The van der Waals surface area contributed by atoms with Crippen molar-refractivity contribution in [1.29, 1.82) is 0 Å². The van der Waals surface area contributed by atoms with Crippen LogP contribution in [0.2, 0.25) is 0 Å². The summed E-state index contributed by atoms with van der Waals surface area (Å²) in [6.07, 6.45) is 7.45. The van der Waals surface area contributed by atoms with Crippen LogP contribution in [0.3, 0.4) is 0 Å². The topological polar surface area (TPSA) is 100 Å². The van der Waals surface area contributed by atoms with Gasteiger partial charge in [0.15, 0.2) is 0 Å². The summed E-state index contributed by atoms with van der Waals surface area (Å²) in [7, 11) is 0. The van der Waals surface area contributed by atoms with Gasteiger partial charge in [0.2, 0.25) is 0 Å². The molecule has 0 atom stereocenters. The first-order chi connectivity index (χ1) is 19.1. The lowest BCUT2D eigenvalue weighted by atomic mass is 10.1. The van der Waals surface area contributed by atoms with E-state index in [4.69, 9.17) is 4.98 Å². The van der Waals surface area contributed by atoms with Gasteiger partial charge < -0.3 is 14.9 Å². The van der Waals surface area contributed by atoms with Crippen molar-refractivity contribution in [3.05, 3.63) is 116 Å². The molecule has 39 heavy (non-hydrogen) atoms. The molecule has 0 radical (unpaired) electrons. The Kier molecular flexibility index (Phi) is 5.30. The van der Waals surface area contributed by atoms with Gasteiger partial charge >= 0.3 is 0 Å². The summed E-state index contributed by atoms with van der Waals surface area (Å²) < 4.78 is 2.04. The Morgan fingerprint density at radius 3 is 2.69 bits per heavy atom. The van der Waals surface area contributed by atoms with Crippen LogP contribution in [0.1, 0.15) is 11.3 Å². The zero-order chi connectivity index (χ0) is 26.3. The summed E-state index contributed by atoms with van der Waals surface area (Å²) in [6.45, 7) is 6.16. The second-order valence-electron chi connectivity index (χ2n) is 9.44. The standard InChI is InChI=1S/C31H24N8/c1-19-17-39(18-33-19)29-10-6-9-26-24(29)14-28(35-26)31-30-27(37-38-31)12-11-25(36-30)22-13-23(16-32-15-22)34-20(2)21-7-4-3-5-8-21/h3-18,34-35H,2H2,1H3,(H,37,38). The van der Waals surface area contributed by atoms with Gasteiger partial charge in [-0.1, -0.05) is 43.0 Å². The van der Waals surface area contributed by atoms with Crippen LogP contribution in [0.15, 0.2) is 104 Å². The highest BCUT2D eigenvalue weighted by molar-refractivity contribution is 5.97. The van der Waals surface area contributed by atoms with Gasteiger partial charge in [-0.25, -0.2) is 9.97 Å². The van der Waals surface area contributed by atoms with Crippen molar-refractivity contribution < 1.29 is 0 Å². The number of anilines is 1. The maximum atomic E-state index is 5.00. The maximum absolute atomic E-state index is 5.00. The molecular weight excluding hydrogens is 484 g/mol. The molecule has 5 heterocycles. The largest absolute Gasteiger partial charge is 0.354 e. The number of aryl methyl sites for hydroxylation is 1. The number of pyridine rings is 2. The van der Waals surface area contributed by atoms with E-state index in [1.807, 2.05) is 84.8 Å². The Bertz CT molecular complexity index is 1980. The monoisotopic (exact) mass is 508 g/mol. The Hall–Kier alpha value is -5.50. The number of nitrogens with zero attached hydrogens (tertiary/aromatic N) is 5. The molecule has 0 amide bonds. The Morgan fingerprint density at radius 1 is 0.949 bits per heavy atom. The van der Waals surface area contributed by atoms with Crippen molar-refractivity contribution in [3.63, 3.8) is 0 Å². The Balaban J connectivity index is 1.25. The smallest absolute Gasteiger partial charge is 0.135 e. The van der Waals surface area contributed by atoms with E-state index < -0.39 is 0 Å². The predicted molar refractivity (Wildman–Crippen MR) is 155 cm³/mol. The second-order valence-corrected chi connectivity index (χ2v) is 9.44. The Morgan fingerprint density at radius 2 is 1.85 bits per heavy atom. The number of aromatic nitrogens is 7. The van der Waals surface area contributed by atoms with E-state index >= 15 is 0 Å². The van der Waals surface area contributed by atoms with E-state index in [0.29, 0.717) is 0 Å². The van der Waals surface area contributed by atoms with Gasteiger partial charge in [-0.3, -0.25) is 10.1 Å². The summed E-state index contributed by atoms with van der Waals surface area (Å²) in [5.74, 6) is 0. The van der Waals surface area contributed by atoms with Gasteiger partial charge in [0.05, 0.1) is 46.5 Å². The van der Waals surface area contributed by atoms with Crippen LogP contribution >= 0.6 is 0 Å². The Labute approximate surface area is 224 Å². The van der Waals surface area contributed by atoms with Crippen molar-refractivity contribution in [2.45, 2.75) is 6.92 Å². The predicted octanol–water partition coefficient (Wildman–Crippen LogP) is 6.75. The molecule has 2 aromatic carbocycles. The molecule has 8 nitrogen and oxygen atoms in total. The van der Waals surface area contributed by atoms with Gasteiger partial charge in [0.25, 0.3) is 0 Å². The second kappa shape index (κ2) is 9.11. The number of aromatic amines is 2. The summed E-state index contributed by atoms with van der Waals surface area (Å²) in [5.41, 5.74) is 10.7. The lowest BCUT2D eigenvalue weighted by molar-refractivity contribution is 1.07. The molecule has 7 aromatic rings. The summed E-state index contributed by atoms with van der Waals surface area (Å²) >= 11 is 0. The van der Waals surface area contributed by atoms with Crippen LogP contribution < -0.4 is 5.32 Å². The quantitative estimate of drug-likeness (QED) is 0.231. The van der Waals surface area contributed by atoms with E-state index in [1.165, 1.54) is 0 Å². The third kappa shape index (κ3) is 4.14. The highest BCUT2D eigenvalue weighted by atomic mass is 15.1. The molecule has 0 aliphatic heterocycles. The van der Waals surface area contributed by atoms with Crippen molar-refractivity contribution in [2.75, 3.05) is 5.32 Å². The third-order valence-electron chi connectivity index (χ3n) is 6.75. The van der Waals surface area contributed by atoms with Crippen LogP contribution in [-0.4, -0.2) is 34.7 Å². The lowest BCUT2D eigenvalue weighted by Gasteiger charge is -2.10. The molecule has 0 fully saturated rings. The molecule has 0 unspecified atom stereocenters. The summed E-state index contributed by atoms with van der Waals surface area (Å²) in [6, 6.07) is 24.3. The number of hydrogen-bond acceptors (Lipinski definition) is 5. The fourth-order valence-electron chi connectivity index (χ4n) is 4.83. The van der Waals surface area contributed by atoms with Crippen LogP contribution in [0.5, 0.6) is 0 Å². The first-order valence-electron chi connectivity index (χ1n) is 12.6. The van der Waals surface area contributed by atoms with Gasteiger partial charge in [-0.05, 0) is 48.9 Å². The minimum Gasteiger partial charge on any atom is -0.354 e. The fourth-order valence-corrected chi connectivity index (χ4v) is 4.83. The molecule has 0 aliphatic rings. The van der Waals surface area contributed by atoms with E-state index in [0.717, 1.165) is 72.9 Å². The molecule has 0 saturated carbocycles. The van der Waals surface area contributed by atoms with E-state index in [-0.39, 0.29) is 0 Å². The maximum Gasteiger partial charge on any atom is 0.135 e. The highest BCUT2D eigenvalue weighted by Gasteiger charge is 2.16. The molecule has 0 saturated heterocycles. The number of nitrogens with one attached hydrogen (secondary N) is 3. The average Bonchev–Trinajstić information content (AvgIpc) is 3.71. The van der Waals surface area contributed by atoms with Crippen molar-refractivity contribution in [3.8, 4) is 28.3 Å². The third-order valence-corrected chi connectivity index (χ3v) is 6.75. The molecular formula is C31H24N8. The molecule has 188 valence electrons.